The van der Waals surface area contributed by atoms with Crippen LogP contribution in [0.5, 0.6) is 0 Å². The third kappa shape index (κ3) is 3.54. The molecule has 19 heavy (non-hydrogen) atoms. The number of hydrogen-bond donors (Lipinski definition) is 2. The van der Waals surface area contributed by atoms with Crippen molar-refractivity contribution in [1.82, 2.24) is 9.88 Å². The summed E-state index contributed by atoms with van der Waals surface area (Å²) in [4.78, 5) is 16.8. The lowest BCUT2D eigenvalue weighted by Crippen LogP contribution is -2.42. The molecule has 7 heteroatoms. The summed E-state index contributed by atoms with van der Waals surface area (Å²) in [7, 11) is 0. The van der Waals surface area contributed by atoms with Gasteiger partial charge in [-0.25, -0.2) is 4.98 Å². The number of rotatable bonds is 4. The number of hydrogen-bond acceptors (Lipinski definition) is 6. The number of anilines is 2. The summed E-state index contributed by atoms with van der Waals surface area (Å²) >= 11 is 0. The quantitative estimate of drug-likeness (QED) is 0.632. The Morgan fingerprint density at radius 3 is 3.11 bits per heavy atom. The second kappa shape index (κ2) is 5.83. The minimum Gasteiger partial charge on any atom is -0.383 e. The highest BCUT2D eigenvalue weighted by molar-refractivity contribution is 5.53. The molecule has 1 aliphatic rings. The number of nitrogens with two attached hydrogens (primary N) is 1. The van der Waals surface area contributed by atoms with Crippen LogP contribution in [0.1, 0.15) is 19.8 Å². The standard InChI is InChI=1S/C12H19N5O2/c1-2-16-5-3-4-9(8-16)14-12-7-10(17(18)19)6-11(13)15-12/h6-7,9H,2-5,8H2,1H3,(H3,13,14,15). The third-order valence-corrected chi connectivity index (χ3v) is 3.35. The van der Waals surface area contributed by atoms with E-state index >= 15 is 0 Å². The van der Waals surface area contributed by atoms with Gasteiger partial charge in [0, 0.05) is 12.6 Å². The number of likely N-dealkylation sites (N-methyl/N-ethyl adjacent to an activating group) is 1. The molecule has 0 spiro atoms. The molecule has 0 aliphatic carbocycles. The average Bonchev–Trinajstić information content (AvgIpc) is 2.38. The number of piperidine rings is 1. The van der Waals surface area contributed by atoms with E-state index < -0.39 is 4.92 Å². The van der Waals surface area contributed by atoms with Gasteiger partial charge in [0.2, 0.25) is 0 Å². The van der Waals surface area contributed by atoms with Crippen molar-refractivity contribution in [3.05, 3.63) is 22.2 Å². The van der Waals surface area contributed by atoms with E-state index in [0.29, 0.717) is 5.82 Å². The van der Waals surface area contributed by atoms with E-state index in [0.717, 1.165) is 32.5 Å². The van der Waals surface area contributed by atoms with Crippen LogP contribution in [0.2, 0.25) is 0 Å². The monoisotopic (exact) mass is 265 g/mol. The summed E-state index contributed by atoms with van der Waals surface area (Å²) in [6.07, 6.45) is 2.16. The lowest BCUT2D eigenvalue weighted by atomic mass is 10.1. The zero-order valence-electron chi connectivity index (χ0n) is 11.0. The molecule has 7 nitrogen and oxygen atoms in total. The van der Waals surface area contributed by atoms with Gasteiger partial charge >= 0.3 is 0 Å². The third-order valence-electron chi connectivity index (χ3n) is 3.35. The summed E-state index contributed by atoms with van der Waals surface area (Å²) in [5.41, 5.74) is 5.56. The molecule has 0 amide bonds. The molecule has 1 unspecified atom stereocenters. The first-order valence-electron chi connectivity index (χ1n) is 6.49. The molecule has 104 valence electrons. The van der Waals surface area contributed by atoms with Gasteiger partial charge in [0.1, 0.15) is 11.6 Å². The SMILES string of the molecule is CCN1CCCC(Nc2cc([N+](=O)[O-])cc(N)n2)C1. The molecule has 3 N–H and O–H groups in total. The van der Waals surface area contributed by atoms with E-state index in [2.05, 4.69) is 22.1 Å². The van der Waals surface area contributed by atoms with E-state index in [1.54, 1.807) is 0 Å². The molecule has 2 rings (SSSR count). The molecule has 1 aromatic heterocycles. The van der Waals surface area contributed by atoms with Gasteiger partial charge in [-0.3, -0.25) is 10.1 Å². The Balaban J connectivity index is 2.08. The maximum Gasteiger partial charge on any atom is 0.276 e. The van der Waals surface area contributed by atoms with Gasteiger partial charge in [0.05, 0.1) is 17.1 Å². The number of nitro groups is 1. The van der Waals surface area contributed by atoms with Gasteiger partial charge in [0.25, 0.3) is 5.69 Å². The highest BCUT2D eigenvalue weighted by Gasteiger charge is 2.19. The van der Waals surface area contributed by atoms with Gasteiger partial charge < -0.3 is 16.0 Å². The zero-order valence-corrected chi connectivity index (χ0v) is 11.0. The molecule has 0 radical (unpaired) electrons. The smallest absolute Gasteiger partial charge is 0.276 e. The van der Waals surface area contributed by atoms with Crippen molar-refractivity contribution >= 4 is 17.3 Å². The van der Waals surface area contributed by atoms with Crippen LogP contribution in [-0.4, -0.2) is 40.5 Å². The zero-order chi connectivity index (χ0) is 13.8. The summed E-state index contributed by atoms with van der Waals surface area (Å²) in [6.45, 7) is 5.19. The fourth-order valence-corrected chi connectivity index (χ4v) is 2.39. The molecular formula is C12H19N5O2. The Kier molecular flexibility index (Phi) is 4.16. The van der Waals surface area contributed by atoms with E-state index in [9.17, 15) is 10.1 Å². The van der Waals surface area contributed by atoms with Gasteiger partial charge in [-0.15, -0.1) is 0 Å². The number of nitrogen functional groups attached to an aromatic ring is 1. The van der Waals surface area contributed by atoms with Crippen molar-refractivity contribution < 1.29 is 4.92 Å². The van der Waals surface area contributed by atoms with E-state index in [1.165, 1.54) is 12.1 Å². The predicted molar refractivity (Wildman–Crippen MR) is 74.1 cm³/mol. The lowest BCUT2D eigenvalue weighted by molar-refractivity contribution is -0.384. The Morgan fingerprint density at radius 2 is 2.42 bits per heavy atom. The molecule has 0 aromatic carbocycles. The van der Waals surface area contributed by atoms with Gasteiger partial charge in [-0.2, -0.15) is 0 Å². The number of nitrogens with zero attached hydrogens (tertiary/aromatic N) is 3. The Labute approximate surface area is 112 Å². The normalized spacial score (nSPS) is 20.2. The number of pyridine rings is 1. The largest absolute Gasteiger partial charge is 0.383 e. The molecule has 1 atom stereocenters. The fraction of sp³-hybridized carbons (Fsp3) is 0.583. The predicted octanol–water partition coefficient (Wildman–Crippen LogP) is 1.47. The van der Waals surface area contributed by atoms with Crippen molar-refractivity contribution in [3.8, 4) is 0 Å². The van der Waals surface area contributed by atoms with Crippen LogP contribution in [0.25, 0.3) is 0 Å². The maximum absolute atomic E-state index is 10.8. The Bertz CT molecular complexity index is 465. The molecule has 2 heterocycles. The van der Waals surface area contributed by atoms with Crippen molar-refractivity contribution in [1.29, 1.82) is 0 Å². The van der Waals surface area contributed by atoms with Gasteiger partial charge in [0.15, 0.2) is 0 Å². The summed E-state index contributed by atoms with van der Waals surface area (Å²) in [5.74, 6) is 0.648. The number of aromatic nitrogens is 1. The van der Waals surface area contributed by atoms with Crippen LogP contribution in [-0.2, 0) is 0 Å². The van der Waals surface area contributed by atoms with Crippen LogP contribution in [0.3, 0.4) is 0 Å². The van der Waals surface area contributed by atoms with Gasteiger partial charge in [-0.1, -0.05) is 6.92 Å². The molecular weight excluding hydrogens is 246 g/mol. The van der Waals surface area contributed by atoms with Crippen LogP contribution in [0, 0.1) is 10.1 Å². The van der Waals surface area contributed by atoms with E-state index in [4.69, 9.17) is 5.73 Å². The van der Waals surface area contributed by atoms with Crippen molar-refractivity contribution in [3.63, 3.8) is 0 Å². The van der Waals surface area contributed by atoms with Crippen LogP contribution in [0.4, 0.5) is 17.3 Å². The second-order valence-corrected chi connectivity index (χ2v) is 4.77. The summed E-state index contributed by atoms with van der Waals surface area (Å²) in [6, 6.07) is 2.97. The molecule has 1 fully saturated rings. The first kappa shape index (κ1) is 13.5. The van der Waals surface area contributed by atoms with Crippen LogP contribution < -0.4 is 11.1 Å². The van der Waals surface area contributed by atoms with E-state index in [-0.39, 0.29) is 17.5 Å². The van der Waals surface area contributed by atoms with Gasteiger partial charge in [-0.05, 0) is 25.9 Å². The highest BCUT2D eigenvalue weighted by atomic mass is 16.6. The second-order valence-electron chi connectivity index (χ2n) is 4.77. The first-order valence-corrected chi connectivity index (χ1v) is 6.49. The van der Waals surface area contributed by atoms with Crippen LogP contribution >= 0.6 is 0 Å². The molecule has 1 aliphatic heterocycles. The average molecular weight is 265 g/mol. The summed E-state index contributed by atoms with van der Waals surface area (Å²) < 4.78 is 0. The Hall–Kier alpha value is -1.89. The maximum atomic E-state index is 10.8. The summed E-state index contributed by atoms with van der Waals surface area (Å²) in [5, 5.41) is 14.0. The molecule has 1 aromatic rings. The van der Waals surface area contributed by atoms with E-state index in [1.807, 2.05) is 0 Å². The minimum absolute atomic E-state index is 0.0295. The van der Waals surface area contributed by atoms with Crippen LogP contribution in [0.15, 0.2) is 12.1 Å². The number of nitrogens with one attached hydrogen (secondary N) is 1. The molecule has 0 bridgehead atoms. The van der Waals surface area contributed by atoms with Crippen molar-refractivity contribution in [2.75, 3.05) is 30.7 Å². The Morgan fingerprint density at radius 1 is 1.63 bits per heavy atom. The highest BCUT2D eigenvalue weighted by Crippen LogP contribution is 2.21. The fourth-order valence-electron chi connectivity index (χ4n) is 2.39. The van der Waals surface area contributed by atoms with Crippen molar-refractivity contribution in [2.45, 2.75) is 25.8 Å². The topological polar surface area (TPSA) is 97.3 Å². The first-order chi connectivity index (χ1) is 9.08. The lowest BCUT2D eigenvalue weighted by Gasteiger charge is -2.32. The minimum atomic E-state index is -0.456. The number of likely N-dealkylation sites (tertiary alicyclic amines) is 1. The molecule has 1 saturated heterocycles. The molecule has 0 saturated carbocycles. The van der Waals surface area contributed by atoms with Crippen molar-refractivity contribution in [2.24, 2.45) is 0 Å².